The Morgan fingerprint density at radius 2 is 1.86 bits per heavy atom. The number of thioether (sulfide) groups is 1. The second-order valence-electron chi connectivity index (χ2n) is 6.08. The average molecular weight is 418 g/mol. The highest BCUT2D eigenvalue weighted by atomic mass is 35.5. The molecule has 1 aromatic heterocycles. The van der Waals surface area contributed by atoms with Gasteiger partial charge in [-0.3, -0.25) is 9.59 Å². The zero-order valence-electron chi connectivity index (χ0n) is 15.0. The number of amides is 1. The number of carbonyl (C=O) groups is 1. The Morgan fingerprint density at radius 3 is 2.50 bits per heavy atom. The second-order valence-corrected chi connectivity index (χ2v) is 7.48. The van der Waals surface area contributed by atoms with Crippen LogP contribution in [0.4, 0.5) is 10.1 Å². The number of aryl methyl sites for hydroxylation is 1. The molecule has 0 fully saturated rings. The zero-order chi connectivity index (χ0) is 20.1. The standard InChI is InChI=1S/C20H17ClFN3O2S/c1-12-17(10-18(26)24-16-8-4-14(21)5-9-16)19(27)25-20(23-12)28-11-13-2-6-15(22)7-3-13/h2-9H,10-11H2,1H3,(H,24,26)(H,23,25,27). The highest BCUT2D eigenvalue weighted by molar-refractivity contribution is 7.98. The van der Waals surface area contributed by atoms with Crippen molar-refractivity contribution < 1.29 is 9.18 Å². The maximum absolute atomic E-state index is 13.0. The Hall–Kier alpha value is -2.64. The van der Waals surface area contributed by atoms with Crippen molar-refractivity contribution in [3.63, 3.8) is 0 Å². The molecule has 2 N–H and O–H groups in total. The predicted molar refractivity (Wildman–Crippen MR) is 109 cm³/mol. The number of anilines is 1. The number of benzene rings is 2. The lowest BCUT2D eigenvalue weighted by molar-refractivity contribution is -0.115. The van der Waals surface area contributed by atoms with E-state index in [2.05, 4.69) is 15.3 Å². The Labute approximate surface area is 170 Å². The van der Waals surface area contributed by atoms with E-state index in [9.17, 15) is 14.0 Å². The largest absolute Gasteiger partial charge is 0.326 e. The molecule has 3 aromatic rings. The van der Waals surface area contributed by atoms with Crippen molar-refractivity contribution in [1.82, 2.24) is 9.97 Å². The molecule has 144 valence electrons. The number of rotatable bonds is 6. The van der Waals surface area contributed by atoms with Gasteiger partial charge in [0, 0.05) is 27.7 Å². The predicted octanol–water partition coefficient (Wildman–Crippen LogP) is 4.34. The van der Waals surface area contributed by atoms with E-state index in [-0.39, 0.29) is 23.7 Å². The van der Waals surface area contributed by atoms with E-state index in [4.69, 9.17) is 11.6 Å². The molecule has 0 atom stereocenters. The smallest absolute Gasteiger partial charge is 0.255 e. The van der Waals surface area contributed by atoms with Crippen LogP contribution in [-0.4, -0.2) is 15.9 Å². The number of aromatic nitrogens is 2. The lowest BCUT2D eigenvalue weighted by Gasteiger charge is -2.08. The number of carbonyl (C=O) groups excluding carboxylic acids is 1. The van der Waals surface area contributed by atoms with Crippen LogP contribution in [-0.2, 0) is 17.0 Å². The van der Waals surface area contributed by atoms with Crippen molar-refractivity contribution in [3.05, 3.63) is 86.5 Å². The summed E-state index contributed by atoms with van der Waals surface area (Å²) >= 11 is 7.16. The number of hydrogen-bond donors (Lipinski definition) is 2. The molecule has 5 nitrogen and oxygen atoms in total. The summed E-state index contributed by atoms with van der Waals surface area (Å²) in [7, 11) is 0. The quantitative estimate of drug-likeness (QED) is 0.462. The number of H-pyrrole nitrogens is 1. The van der Waals surface area contributed by atoms with Gasteiger partial charge in [-0.15, -0.1) is 0 Å². The first-order valence-electron chi connectivity index (χ1n) is 8.43. The zero-order valence-corrected chi connectivity index (χ0v) is 16.5. The van der Waals surface area contributed by atoms with E-state index >= 15 is 0 Å². The Morgan fingerprint density at radius 1 is 1.18 bits per heavy atom. The maximum atomic E-state index is 13.0. The topological polar surface area (TPSA) is 74.8 Å². The van der Waals surface area contributed by atoms with Gasteiger partial charge in [0.1, 0.15) is 5.82 Å². The summed E-state index contributed by atoms with van der Waals surface area (Å²) < 4.78 is 13.0. The van der Waals surface area contributed by atoms with E-state index in [0.717, 1.165) is 5.56 Å². The normalized spacial score (nSPS) is 10.7. The van der Waals surface area contributed by atoms with Crippen LogP contribution in [0.25, 0.3) is 0 Å². The van der Waals surface area contributed by atoms with Crippen LogP contribution in [0.2, 0.25) is 5.02 Å². The molecule has 1 amide bonds. The van der Waals surface area contributed by atoms with Crippen molar-refractivity contribution in [3.8, 4) is 0 Å². The van der Waals surface area contributed by atoms with Crippen molar-refractivity contribution in [2.45, 2.75) is 24.3 Å². The Balaban J connectivity index is 1.65. The first-order valence-corrected chi connectivity index (χ1v) is 9.79. The number of hydrogen-bond acceptors (Lipinski definition) is 4. The summed E-state index contributed by atoms with van der Waals surface area (Å²) in [5.74, 6) is -0.0687. The van der Waals surface area contributed by atoms with Crippen LogP contribution in [0, 0.1) is 12.7 Å². The molecule has 0 saturated carbocycles. The third-order valence-electron chi connectivity index (χ3n) is 3.95. The number of aromatic amines is 1. The fourth-order valence-electron chi connectivity index (χ4n) is 2.49. The molecule has 3 rings (SSSR count). The monoisotopic (exact) mass is 417 g/mol. The molecule has 28 heavy (non-hydrogen) atoms. The maximum Gasteiger partial charge on any atom is 0.255 e. The lowest BCUT2D eigenvalue weighted by Crippen LogP contribution is -2.23. The molecule has 2 aromatic carbocycles. The van der Waals surface area contributed by atoms with Gasteiger partial charge in [-0.05, 0) is 48.9 Å². The Bertz CT molecular complexity index is 1040. The Kier molecular flexibility index (Phi) is 6.49. The highest BCUT2D eigenvalue weighted by Crippen LogP contribution is 2.19. The fourth-order valence-corrected chi connectivity index (χ4v) is 3.48. The van der Waals surface area contributed by atoms with Gasteiger partial charge in [0.2, 0.25) is 5.91 Å². The SMILES string of the molecule is Cc1nc(SCc2ccc(F)cc2)[nH]c(=O)c1CC(=O)Nc1ccc(Cl)cc1. The summed E-state index contributed by atoms with van der Waals surface area (Å²) in [6.07, 6.45) is -0.0836. The van der Waals surface area contributed by atoms with E-state index in [1.807, 2.05) is 0 Å². The minimum Gasteiger partial charge on any atom is -0.326 e. The minimum absolute atomic E-state index is 0.0836. The van der Waals surface area contributed by atoms with E-state index in [1.165, 1.54) is 23.9 Å². The average Bonchev–Trinajstić information content (AvgIpc) is 2.66. The van der Waals surface area contributed by atoms with Gasteiger partial charge < -0.3 is 10.3 Å². The van der Waals surface area contributed by atoms with Crippen molar-refractivity contribution in [1.29, 1.82) is 0 Å². The first-order chi connectivity index (χ1) is 13.4. The number of nitrogens with one attached hydrogen (secondary N) is 2. The molecule has 8 heteroatoms. The molecule has 0 aliphatic carbocycles. The molecule has 1 heterocycles. The summed E-state index contributed by atoms with van der Waals surface area (Å²) in [4.78, 5) is 31.7. The molecule has 0 bridgehead atoms. The minimum atomic E-state index is -0.347. The van der Waals surface area contributed by atoms with Crippen LogP contribution in [0.1, 0.15) is 16.8 Å². The van der Waals surface area contributed by atoms with Gasteiger partial charge in [0.15, 0.2) is 5.16 Å². The fraction of sp³-hybridized carbons (Fsp3) is 0.150. The summed E-state index contributed by atoms with van der Waals surface area (Å²) in [5, 5.41) is 3.75. The van der Waals surface area contributed by atoms with E-state index < -0.39 is 0 Å². The number of nitrogens with zero attached hydrogens (tertiary/aromatic N) is 1. The lowest BCUT2D eigenvalue weighted by atomic mass is 10.1. The van der Waals surface area contributed by atoms with Gasteiger partial charge in [0.25, 0.3) is 5.56 Å². The highest BCUT2D eigenvalue weighted by Gasteiger charge is 2.13. The van der Waals surface area contributed by atoms with E-state index in [1.54, 1.807) is 43.3 Å². The van der Waals surface area contributed by atoms with Gasteiger partial charge in [-0.25, -0.2) is 9.37 Å². The van der Waals surface area contributed by atoms with Gasteiger partial charge in [-0.2, -0.15) is 0 Å². The molecule has 0 spiro atoms. The second kappa shape index (κ2) is 9.03. The van der Waals surface area contributed by atoms with Crippen LogP contribution >= 0.6 is 23.4 Å². The van der Waals surface area contributed by atoms with Gasteiger partial charge in [-0.1, -0.05) is 35.5 Å². The molecular formula is C20H17ClFN3O2S. The van der Waals surface area contributed by atoms with Gasteiger partial charge in [0.05, 0.1) is 6.42 Å². The summed E-state index contributed by atoms with van der Waals surface area (Å²) in [6.45, 7) is 1.70. The van der Waals surface area contributed by atoms with Crippen LogP contribution < -0.4 is 10.9 Å². The molecule has 0 aliphatic heterocycles. The molecule has 0 aliphatic rings. The molecule has 0 saturated heterocycles. The van der Waals surface area contributed by atoms with Crippen molar-refractivity contribution >= 4 is 35.0 Å². The third kappa shape index (κ3) is 5.43. The summed E-state index contributed by atoms with van der Waals surface area (Å²) in [6, 6.07) is 12.9. The molecule has 0 radical (unpaired) electrons. The molecule has 0 unspecified atom stereocenters. The van der Waals surface area contributed by atoms with Gasteiger partial charge >= 0.3 is 0 Å². The van der Waals surface area contributed by atoms with Crippen LogP contribution in [0.3, 0.4) is 0 Å². The first kappa shape index (κ1) is 20.1. The summed E-state index contributed by atoms with van der Waals surface area (Å²) in [5.41, 5.74) is 1.98. The van der Waals surface area contributed by atoms with Crippen LogP contribution in [0.5, 0.6) is 0 Å². The van der Waals surface area contributed by atoms with Crippen molar-refractivity contribution in [2.24, 2.45) is 0 Å². The molecular weight excluding hydrogens is 401 g/mol. The van der Waals surface area contributed by atoms with E-state index in [0.29, 0.717) is 32.9 Å². The number of halogens is 2. The van der Waals surface area contributed by atoms with Crippen molar-refractivity contribution in [2.75, 3.05) is 5.32 Å². The third-order valence-corrected chi connectivity index (χ3v) is 5.15. The van der Waals surface area contributed by atoms with Crippen LogP contribution in [0.15, 0.2) is 58.5 Å².